The number of fused-ring (bicyclic) bond motifs is 1. The summed E-state index contributed by atoms with van der Waals surface area (Å²) in [6, 6.07) is 2.84. The van der Waals surface area contributed by atoms with Crippen molar-refractivity contribution in [2.45, 2.75) is 70.3 Å². The Labute approximate surface area is 226 Å². The monoisotopic (exact) mass is 549 g/mol. The summed E-state index contributed by atoms with van der Waals surface area (Å²) in [5, 5.41) is 28.5. The summed E-state index contributed by atoms with van der Waals surface area (Å²) in [6.07, 6.45) is 3.23. The third-order valence-corrected chi connectivity index (χ3v) is 7.18. The maximum absolute atomic E-state index is 13.2. The van der Waals surface area contributed by atoms with E-state index in [1.54, 1.807) is 24.9 Å². The van der Waals surface area contributed by atoms with Gasteiger partial charge in [-0.25, -0.2) is 4.79 Å². The first-order valence-electron chi connectivity index (χ1n) is 12.6. The fourth-order valence-corrected chi connectivity index (χ4v) is 4.46. The van der Waals surface area contributed by atoms with Gasteiger partial charge in [-0.1, -0.05) is 38.5 Å². The molecule has 0 aliphatic heterocycles. The zero-order valence-electron chi connectivity index (χ0n) is 22.2. The summed E-state index contributed by atoms with van der Waals surface area (Å²) >= 11 is 1.55. The summed E-state index contributed by atoms with van der Waals surface area (Å²) in [4.78, 5) is 53.9. The zero-order chi connectivity index (χ0) is 28.4. The molecule has 0 aliphatic carbocycles. The van der Waals surface area contributed by atoms with E-state index in [-0.39, 0.29) is 12.3 Å². The molecular formula is C26H39N5O6S. The van der Waals surface area contributed by atoms with E-state index < -0.39 is 54.0 Å². The van der Waals surface area contributed by atoms with Crippen LogP contribution in [0.25, 0.3) is 10.9 Å². The van der Waals surface area contributed by atoms with E-state index >= 15 is 0 Å². The predicted octanol–water partition coefficient (Wildman–Crippen LogP) is 0.757. The van der Waals surface area contributed by atoms with Crippen LogP contribution in [-0.4, -0.2) is 81.2 Å². The average Bonchev–Trinajstić information content (AvgIpc) is 3.30. The van der Waals surface area contributed by atoms with Crippen LogP contribution in [-0.2, 0) is 25.6 Å². The van der Waals surface area contributed by atoms with Crippen molar-refractivity contribution in [1.82, 2.24) is 20.9 Å². The maximum Gasteiger partial charge on any atom is 0.326 e. The minimum atomic E-state index is -1.44. The Hall–Kier alpha value is -3.09. The summed E-state index contributed by atoms with van der Waals surface area (Å²) in [5.41, 5.74) is 7.47. The summed E-state index contributed by atoms with van der Waals surface area (Å²) in [5.74, 6) is -2.88. The van der Waals surface area contributed by atoms with Crippen LogP contribution in [0.4, 0.5) is 0 Å². The van der Waals surface area contributed by atoms with Crippen molar-refractivity contribution in [1.29, 1.82) is 0 Å². The first kappa shape index (κ1) is 31.1. The standard InChI is InChI=1S/C26H39N5O6S/c1-5-14(2)21(30-23(33)18(27)10-11-38-4)24(34)31-22(15(3)32)25(35)29-20(26(36)37)12-16-13-28-19-9-7-6-8-17(16)19/h6-9,13-15,18,20-22,28,32H,5,10-12,27H2,1-4H3,(H,29,35)(H,30,33)(H,31,34)(H,36,37). The molecule has 8 N–H and O–H groups in total. The van der Waals surface area contributed by atoms with Crippen molar-refractivity contribution in [2.75, 3.05) is 12.0 Å². The van der Waals surface area contributed by atoms with Crippen LogP contribution in [0.3, 0.4) is 0 Å². The Kier molecular flexibility index (Phi) is 12.1. The summed E-state index contributed by atoms with van der Waals surface area (Å²) in [6.45, 7) is 4.94. The number of aromatic nitrogens is 1. The number of aromatic amines is 1. The fourth-order valence-electron chi connectivity index (χ4n) is 3.97. The third kappa shape index (κ3) is 8.47. The largest absolute Gasteiger partial charge is 0.480 e. The Balaban J connectivity index is 2.15. The molecule has 1 aromatic carbocycles. The summed E-state index contributed by atoms with van der Waals surface area (Å²) < 4.78 is 0. The van der Waals surface area contributed by atoms with Crippen LogP contribution in [0.15, 0.2) is 30.5 Å². The van der Waals surface area contributed by atoms with Gasteiger partial charge in [-0.15, -0.1) is 0 Å². The predicted molar refractivity (Wildman–Crippen MR) is 148 cm³/mol. The lowest BCUT2D eigenvalue weighted by Crippen LogP contribution is -2.61. The van der Waals surface area contributed by atoms with Gasteiger partial charge in [0.05, 0.1) is 12.1 Å². The number of aliphatic hydroxyl groups excluding tert-OH is 1. The highest BCUT2D eigenvalue weighted by Gasteiger charge is 2.34. The number of carboxylic acid groups (broad SMARTS) is 1. The quantitative estimate of drug-likeness (QED) is 0.170. The van der Waals surface area contributed by atoms with Gasteiger partial charge in [-0.05, 0) is 42.9 Å². The molecule has 3 amide bonds. The molecule has 0 aliphatic rings. The number of nitrogens with two attached hydrogens (primary N) is 1. The molecule has 0 saturated carbocycles. The lowest BCUT2D eigenvalue weighted by atomic mass is 9.97. The minimum absolute atomic E-state index is 0.00888. The molecule has 6 atom stereocenters. The number of benzene rings is 1. The molecule has 1 aromatic heterocycles. The molecule has 0 radical (unpaired) electrons. The number of para-hydroxylation sites is 1. The number of carbonyl (C=O) groups excluding carboxylic acids is 3. The number of aliphatic carboxylic acids is 1. The molecule has 0 bridgehead atoms. The van der Waals surface area contributed by atoms with Crippen molar-refractivity contribution in [3.63, 3.8) is 0 Å². The molecule has 6 unspecified atom stereocenters. The molecule has 0 fully saturated rings. The first-order valence-corrected chi connectivity index (χ1v) is 14.0. The van der Waals surface area contributed by atoms with Crippen molar-refractivity contribution >= 4 is 46.4 Å². The molecule has 2 rings (SSSR count). The van der Waals surface area contributed by atoms with E-state index in [9.17, 15) is 29.4 Å². The summed E-state index contributed by atoms with van der Waals surface area (Å²) in [7, 11) is 0. The van der Waals surface area contributed by atoms with Gasteiger partial charge in [0.1, 0.15) is 18.1 Å². The molecule has 2 aromatic rings. The molecule has 11 nitrogen and oxygen atoms in total. The van der Waals surface area contributed by atoms with Crippen LogP contribution >= 0.6 is 11.8 Å². The topological polar surface area (TPSA) is 187 Å². The highest BCUT2D eigenvalue weighted by molar-refractivity contribution is 7.98. The van der Waals surface area contributed by atoms with Crippen molar-refractivity contribution in [2.24, 2.45) is 11.7 Å². The van der Waals surface area contributed by atoms with Crippen LogP contribution in [0.5, 0.6) is 0 Å². The number of hydrogen-bond acceptors (Lipinski definition) is 7. The molecule has 38 heavy (non-hydrogen) atoms. The van der Waals surface area contributed by atoms with Crippen molar-refractivity contribution < 1.29 is 29.4 Å². The highest BCUT2D eigenvalue weighted by Crippen LogP contribution is 2.19. The van der Waals surface area contributed by atoms with Crippen LogP contribution in [0.2, 0.25) is 0 Å². The van der Waals surface area contributed by atoms with Crippen LogP contribution < -0.4 is 21.7 Å². The average molecular weight is 550 g/mol. The van der Waals surface area contributed by atoms with E-state index in [0.717, 1.165) is 10.9 Å². The number of amides is 3. The van der Waals surface area contributed by atoms with Crippen molar-refractivity contribution in [3.8, 4) is 0 Å². The highest BCUT2D eigenvalue weighted by atomic mass is 32.2. The number of carboxylic acids is 1. The van der Waals surface area contributed by atoms with Gasteiger partial charge in [0.25, 0.3) is 0 Å². The molecule has 0 saturated heterocycles. The van der Waals surface area contributed by atoms with E-state index in [1.807, 2.05) is 37.4 Å². The Morgan fingerprint density at radius 3 is 2.26 bits per heavy atom. The second-order valence-electron chi connectivity index (χ2n) is 9.45. The van der Waals surface area contributed by atoms with E-state index in [0.29, 0.717) is 24.2 Å². The number of rotatable bonds is 15. The number of aliphatic hydroxyl groups is 1. The lowest BCUT2D eigenvalue weighted by Gasteiger charge is -2.29. The van der Waals surface area contributed by atoms with Crippen molar-refractivity contribution in [3.05, 3.63) is 36.0 Å². The van der Waals surface area contributed by atoms with E-state index in [4.69, 9.17) is 5.73 Å². The van der Waals surface area contributed by atoms with Gasteiger partial charge >= 0.3 is 5.97 Å². The number of nitrogens with one attached hydrogen (secondary N) is 4. The van der Waals surface area contributed by atoms with Gasteiger partial charge in [-0.2, -0.15) is 11.8 Å². The van der Waals surface area contributed by atoms with Gasteiger partial charge in [0.2, 0.25) is 17.7 Å². The van der Waals surface area contributed by atoms with Crippen LogP contribution in [0, 0.1) is 5.92 Å². The number of thioether (sulfide) groups is 1. The molecular weight excluding hydrogens is 510 g/mol. The van der Waals surface area contributed by atoms with Gasteiger partial charge in [0.15, 0.2) is 0 Å². The molecule has 12 heteroatoms. The molecule has 1 heterocycles. The number of hydrogen-bond donors (Lipinski definition) is 7. The third-order valence-electron chi connectivity index (χ3n) is 6.54. The smallest absolute Gasteiger partial charge is 0.326 e. The zero-order valence-corrected chi connectivity index (χ0v) is 23.0. The maximum atomic E-state index is 13.2. The Morgan fingerprint density at radius 2 is 1.66 bits per heavy atom. The Bertz CT molecular complexity index is 1110. The second kappa shape index (κ2) is 14.7. The molecule has 0 spiro atoms. The molecule has 210 valence electrons. The number of carbonyl (C=O) groups is 4. The SMILES string of the molecule is CCC(C)C(NC(=O)C(N)CCSC)C(=O)NC(C(=O)NC(Cc1c[nH]c2ccccc12)C(=O)O)C(C)O. The fraction of sp³-hybridized carbons (Fsp3) is 0.538. The lowest BCUT2D eigenvalue weighted by molar-refractivity contribution is -0.143. The van der Waals surface area contributed by atoms with Gasteiger partial charge in [0, 0.05) is 23.5 Å². The number of H-pyrrole nitrogens is 1. The van der Waals surface area contributed by atoms with Gasteiger partial charge < -0.3 is 36.9 Å². The van der Waals surface area contributed by atoms with Crippen LogP contribution in [0.1, 0.15) is 39.2 Å². The van der Waals surface area contributed by atoms with E-state index in [1.165, 1.54) is 6.92 Å². The minimum Gasteiger partial charge on any atom is -0.480 e. The Morgan fingerprint density at radius 1 is 1.03 bits per heavy atom. The normalized spacial score (nSPS) is 16.1. The van der Waals surface area contributed by atoms with E-state index in [2.05, 4.69) is 20.9 Å². The van der Waals surface area contributed by atoms with Gasteiger partial charge in [-0.3, -0.25) is 14.4 Å². The second-order valence-corrected chi connectivity index (χ2v) is 10.4. The first-order chi connectivity index (χ1) is 18.0.